The quantitative estimate of drug-likeness (QED) is 0.790. The van der Waals surface area contributed by atoms with Crippen LogP contribution in [0.25, 0.3) is 0 Å². The first-order valence-corrected chi connectivity index (χ1v) is 7.16. The third-order valence-electron chi connectivity index (χ3n) is 3.97. The first-order chi connectivity index (χ1) is 10.2. The predicted molar refractivity (Wildman–Crippen MR) is 80.6 cm³/mol. The van der Waals surface area contributed by atoms with Crippen LogP contribution in [0.2, 0.25) is 0 Å². The number of imide groups is 1. The van der Waals surface area contributed by atoms with Gasteiger partial charge in [-0.25, -0.2) is 0 Å². The topological polar surface area (TPSA) is 37.4 Å². The van der Waals surface area contributed by atoms with Gasteiger partial charge in [0.15, 0.2) is 0 Å². The second-order valence-corrected chi connectivity index (χ2v) is 5.44. The average molecular weight is 279 g/mol. The highest BCUT2D eigenvalue weighted by atomic mass is 16.2. The summed E-state index contributed by atoms with van der Waals surface area (Å²) in [6.45, 7) is 1.89. The molecule has 1 saturated heterocycles. The zero-order valence-electron chi connectivity index (χ0n) is 11.9. The third-order valence-corrected chi connectivity index (χ3v) is 3.97. The maximum Gasteiger partial charge on any atom is 0.261 e. The van der Waals surface area contributed by atoms with Crippen molar-refractivity contribution in [2.45, 2.75) is 19.4 Å². The highest BCUT2D eigenvalue weighted by Gasteiger charge is 2.41. The number of carbonyl (C=O) groups is 2. The Bertz CT molecular complexity index is 651. The lowest BCUT2D eigenvalue weighted by Gasteiger charge is -2.23. The standard InChI is InChI=1S/C18H17NO2/c1-13-12-16(14-8-4-2-5-9-14)19(17(13)20)18(21)15-10-6-3-7-11-15/h2-11,13,16H,12H2,1H3. The van der Waals surface area contributed by atoms with Gasteiger partial charge in [0.1, 0.15) is 0 Å². The summed E-state index contributed by atoms with van der Waals surface area (Å²) in [6.07, 6.45) is 0.682. The van der Waals surface area contributed by atoms with Gasteiger partial charge in [0.05, 0.1) is 6.04 Å². The van der Waals surface area contributed by atoms with Gasteiger partial charge in [-0.05, 0) is 24.1 Å². The molecule has 1 fully saturated rings. The van der Waals surface area contributed by atoms with Crippen molar-refractivity contribution >= 4 is 11.8 Å². The van der Waals surface area contributed by atoms with E-state index < -0.39 is 0 Å². The monoisotopic (exact) mass is 279 g/mol. The second-order valence-electron chi connectivity index (χ2n) is 5.44. The van der Waals surface area contributed by atoms with Crippen molar-refractivity contribution in [3.63, 3.8) is 0 Å². The molecular weight excluding hydrogens is 262 g/mol. The van der Waals surface area contributed by atoms with Gasteiger partial charge in [-0.1, -0.05) is 55.5 Å². The molecule has 3 nitrogen and oxygen atoms in total. The van der Waals surface area contributed by atoms with Crippen molar-refractivity contribution in [2.24, 2.45) is 5.92 Å². The largest absolute Gasteiger partial charge is 0.274 e. The van der Waals surface area contributed by atoms with E-state index in [9.17, 15) is 9.59 Å². The smallest absolute Gasteiger partial charge is 0.261 e. The molecule has 3 rings (SSSR count). The van der Waals surface area contributed by atoms with Crippen LogP contribution in [-0.4, -0.2) is 16.7 Å². The van der Waals surface area contributed by atoms with Gasteiger partial charge in [-0.2, -0.15) is 0 Å². The van der Waals surface area contributed by atoms with Gasteiger partial charge in [0.25, 0.3) is 5.91 Å². The molecule has 0 radical (unpaired) electrons. The number of carbonyl (C=O) groups excluding carboxylic acids is 2. The van der Waals surface area contributed by atoms with Crippen LogP contribution in [0.4, 0.5) is 0 Å². The van der Waals surface area contributed by atoms with E-state index in [0.29, 0.717) is 12.0 Å². The molecule has 2 amide bonds. The molecule has 2 atom stereocenters. The molecule has 0 bridgehead atoms. The van der Waals surface area contributed by atoms with Crippen molar-refractivity contribution in [1.82, 2.24) is 4.90 Å². The number of nitrogens with zero attached hydrogens (tertiary/aromatic N) is 1. The van der Waals surface area contributed by atoms with Crippen LogP contribution in [0.1, 0.15) is 35.3 Å². The fraction of sp³-hybridized carbons (Fsp3) is 0.222. The molecule has 2 aromatic carbocycles. The Morgan fingerprint density at radius 2 is 1.57 bits per heavy atom. The highest BCUT2D eigenvalue weighted by molar-refractivity contribution is 6.06. The first kappa shape index (κ1) is 13.6. The van der Waals surface area contributed by atoms with Crippen LogP contribution in [0.3, 0.4) is 0 Å². The fourth-order valence-electron chi connectivity index (χ4n) is 2.85. The van der Waals surface area contributed by atoms with Crippen molar-refractivity contribution in [3.05, 3.63) is 71.8 Å². The second kappa shape index (κ2) is 5.52. The summed E-state index contributed by atoms with van der Waals surface area (Å²) in [5.74, 6) is -0.417. The molecule has 0 N–H and O–H groups in total. The molecule has 2 aromatic rings. The van der Waals surface area contributed by atoms with E-state index in [0.717, 1.165) is 5.56 Å². The minimum Gasteiger partial charge on any atom is -0.274 e. The summed E-state index contributed by atoms with van der Waals surface area (Å²) in [6, 6.07) is 18.6. The van der Waals surface area contributed by atoms with Crippen LogP contribution in [0, 0.1) is 5.92 Å². The Kier molecular flexibility index (Phi) is 3.57. The van der Waals surface area contributed by atoms with Crippen molar-refractivity contribution < 1.29 is 9.59 Å². The van der Waals surface area contributed by atoms with E-state index in [1.165, 1.54) is 4.90 Å². The number of likely N-dealkylation sites (tertiary alicyclic amines) is 1. The summed E-state index contributed by atoms with van der Waals surface area (Å²) in [7, 11) is 0. The summed E-state index contributed by atoms with van der Waals surface area (Å²) in [4.78, 5) is 26.5. The number of hydrogen-bond donors (Lipinski definition) is 0. The molecule has 21 heavy (non-hydrogen) atoms. The van der Waals surface area contributed by atoms with Crippen LogP contribution in [-0.2, 0) is 4.79 Å². The highest BCUT2D eigenvalue weighted by Crippen LogP contribution is 2.37. The molecular formula is C18H17NO2. The van der Waals surface area contributed by atoms with E-state index in [2.05, 4.69) is 0 Å². The molecule has 0 spiro atoms. The molecule has 2 unspecified atom stereocenters. The minimum atomic E-state index is -0.209. The van der Waals surface area contributed by atoms with Gasteiger partial charge in [0, 0.05) is 11.5 Å². The third kappa shape index (κ3) is 2.47. The van der Waals surface area contributed by atoms with Crippen molar-refractivity contribution in [1.29, 1.82) is 0 Å². The van der Waals surface area contributed by atoms with Gasteiger partial charge in [0.2, 0.25) is 5.91 Å². The maximum absolute atomic E-state index is 12.7. The van der Waals surface area contributed by atoms with E-state index in [1.54, 1.807) is 12.1 Å². The Labute approximate surface area is 124 Å². The molecule has 0 saturated carbocycles. The molecule has 1 aliphatic heterocycles. The predicted octanol–water partition coefficient (Wildman–Crippen LogP) is 3.44. The van der Waals surface area contributed by atoms with Gasteiger partial charge >= 0.3 is 0 Å². The summed E-state index contributed by atoms with van der Waals surface area (Å²) in [5, 5.41) is 0. The minimum absolute atomic E-state index is 0.0855. The van der Waals surface area contributed by atoms with E-state index in [1.807, 2.05) is 55.5 Å². The zero-order valence-corrected chi connectivity index (χ0v) is 11.9. The lowest BCUT2D eigenvalue weighted by Crippen LogP contribution is -2.35. The molecule has 1 aliphatic rings. The number of amides is 2. The van der Waals surface area contributed by atoms with Crippen molar-refractivity contribution in [3.8, 4) is 0 Å². The van der Waals surface area contributed by atoms with Crippen LogP contribution in [0.5, 0.6) is 0 Å². The molecule has 0 aliphatic carbocycles. The van der Waals surface area contributed by atoms with Crippen molar-refractivity contribution in [2.75, 3.05) is 0 Å². The van der Waals surface area contributed by atoms with E-state index in [-0.39, 0.29) is 23.8 Å². The first-order valence-electron chi connectivity index (χ1n) is 7.16. The summed E-state index contributed by atoms with van der Waals surface area (Å²) >= 11 is 0. The Morgan fingerprint density at radius 3 is 2.19 bits per heavy atom. The molecule has 1 heterocycles. The lowest BCUT2D eigenvalue weighted by molar-refractivity contribution is -0.129. The maximum atomic E-state index is 12.7. The normalized spacial score (nSPS) is 21.6. The van der Waals surface area contributed by atoms with Crippen LogP contribution >= 0.6 is 0 Å². The Hall–Kier alpha value is -2.42. The van der Waals surface area contributed by atoms with E-state index >= 15 is 0 Å². The van der Waals surface area contributed by atoms with Gasteiger partial charge in [-0.15, -0.1) is 0 Å². The van der Waals surface area contributed by atoms with Gasteiger partial charge in [-0.3, -0.25) is 14.5 Å². The Balaban J connectivity index is 1.97. The van der Waals surface area contributed by atoms with Crippen LogP contribution in [0.15, 0.2) is 60.7 Å². The molecule has 0 aromatic heterocycles. The number of hydrogen-bond acceptors (Lipinski definition) is 2. The van der Waals surface area contributed by atoms with E-state index in [4.69, 9.17) is 0 Å². The number of rotatable bonds is 2. The Morgan fingerprint density at radius 1 is 1.00 bits per heavy atom. The fourth-order valence-corrected chi connectivity index (χ4v) is 2.85. The lowest BCUT2D eigenvalue weighted by atomic mass is 10.0. The zero-order chi connectivity index (χ0) is 14.8. The molecule has 3 heteroatoms. The summed E-state index contributed by atoms with van der Waals surface area (Å²) in [5.41, 5.74) is 1.57. The summed E-state index contributed by atoms with van der Waals surface area (Å²) < 4.78 is 0. The SMILES string of the molecule is CC1CC(c2ccccc2)N(C(=O)c2ccccc2)C1=O. The van der Waals surface area contributed by atoms with Gasteiger partial charge < -0.3 is 0 Å². The average Bonchev–Trinajstić information content (AvgIpc) is 2.84. The molecule has 106 valence electrons. The number of benzene rings is 2. The van der Waals surface area contributed by atoms with Crippen LogP contribution < -0.4 is 0 Å².